The van der Waals surface area contributed by atoms with Crippen LogP contribution in [-0.2, 0) is 4.74 Å². The molecule has 1 rings (SSSR count). The van der Waals surface area contributed by atoms with Crippen molar-refractivity contribution in [2.45, 2.75) is 23.8 Å². The van der Waals surface area contributed by atoms with Crippen LogP contribution >= 0.6 is 0 Å². The van der Waals surface area contributed by atoms with Crippen molar-refractivity contribution < 1.29 is 20.1 Å². The quantitative estimate of drug-likeness (QED) is 0.377. The minimum absolute atomic E-state index is 0.699. The number of hydrogen-bond acceptors (Lipinski definition) is 5. The summed E-state index contributed by atoms with van der Waals surface area (Å²) in [6.45, 7) is -0.699. The highest BCUT2D eigenvalue weighted by Crippen LogP contribution is 2.28. The molecule has 1 aliphatic rings. The van der Waals surface area contributed by atoms with E-state index in [0.29, 0.717) is 0 Å². The summed E-state index contributed by atoms with van der Waals surface area (Å²) in [5, 5.41) is 35.7. The van der Waals surface area contributed by atoms with Crippen LogP contribution in [0.15, 0.2) is 0 Å². The molecule has 12 heavy (non-hydrogen) atoms. The molecule has 4 atom stereocenters. The zero-order valence-corrected chi connectivity index (χ0v) is 6.21. The Balaban J connectivity index is 2.89. The van der Waals surface area contributed by atoms with Gasteiger partial charge in [-0.2, -0.15) is 5.26 Å². The average Bonchev–Trinajstić information content (AvgIpc) is 2.30. The van der Waals surface area contributed by atoms with Gasteiger partial charge in [-0.25, -0.2) is 0 Å². The van der Waals surface area contributed by atoms with Gasteiger partial charge in [-0.1, -0.05) is 0 Å². The summed E-state index contributed by atoms with van der Waals surface area (Å²) in [4.78, 5) is 0. The Labute approximate surface area is 70.6 Å². The maximum absolute atomic E-state index is 9.24. The molecule has 0 amide bonds. The second-order valence-electron chi connectivity index (χ2n) is 2.68. The molecule has 0 spiro atoms. The molecule has 3 N–H and O–H groups in total. The van der Waals surface area contributed by atoms with Gasteiger partial charge in [0.1, 0.15) is 26.1 Å². The second kappa shape index (κ2) is 3.03. The predicted octanol–water partition coefficient (Wildman–Crippen LogP) is -2.51. The fraction of sp³-hybridized carbons (Fsp3) is 0.833. The minimum atomic E-state index is -1.78. The zero-order valence-electron chi connectivity index (χ0n) is 6.21. The fourth-order valence-corrected chi connectivity index (χ4v) is 1.10. The predicted molar refractivity (Wildman–Crippen MR) is 38.1 cm³/mol. The minimum Gasteiger partial charge on any atom is -0.392 e. The van der Waals surface area contributed by atoms with Crippen LogP contribution in [0.5, 0.6) is 0 Å². The molecular formula is C6H8BNO4. The summed E-state index contributed by atoms with van der Waals surface area (Å²) in [5.74, 6) is 0. The average molecular weight is 169 g/mol. The van der Waals surface area contributed by atoms with Crippen LogP contribution < -0.4 is 0 Å². The van der Waals surface area contributed by atoms with E-state index in [-0.39, 0.29) is 0 Å². The maximum atomic E-state index is 9.24. The molecule has 1 heterocycles. The van der Waals surface area contributed by atoms with Crippen LogP contribution in [0, 0.1) is 11.3 Å². The lowest BCUT2D eigenvalue weighted by molar-refractivity contribution is -0.0600. The lowest BCUT2D eigenvalue weighted by atomic mass is 9.90. The number of aliphatic hydroxyl groups is 3. The monoisotopic (exact) mass is 169 g/mol. The maximum Gasteiger partial charge on any atom is 0.204 e. The van der Waals surface area contributed by atoms with Crippen molar-refractivity contribution in [1.29, 1.82) is 5.26 Å². The Bertz CT molecular complexity index is 218. The Morgan fingerprint density at radius 1 is 1.58 bits per heavy atom. The molecule has 1 aliphatic heterocycles. The van der Waals surface area contributed by atoms with Crippen molar-refractivity contribution in [3.05, 3.63) is 0 Å². The van der Waals surface area contributed by atoms with E-state index >= 15 is 0 Å². The highest BCUT2D eigenvalue weighted by atomic mass is 16.6. The van der Waals surface area contributed by atoms with Gasteiger partial charge >= 0.3 is 0 Å². The van der Waals surface area contributed by atoms with E-state index in [1.54, 1.807) is 6.07 Å². The first-order valence-electron chi connectivity index (χ1n) is 3.39. The van der Waals surface area contributed by atoms with Gasteiger partial charge in [0.2, 0.25) is 5.60 Å². The van der Waals surface area contributed by atoms with Crippen LogP contribution in [0.3, 0.4) is 0 Å². The molecule has 5 nitrogen and oxygen atoms in total. The molecule has 0 aromatic heterocycles. The van der Waals surface area contributed by atoms with Crippen LogP contribution in [-0.4, -0.2) is 53.6 Å². The number of ether oxygens (including phenoxy) is 1. The molecule has 2 radical (unpaired) electrons. The molecule has 1 fully saturated rings. The summed E-state index contributed by atoms with van der Waals surface area (Å²) in [7, 11) is 5.20. The first kappa shape index (κ1) is 9.48. The molecule has 0 unspecified atom stereocenters. The van der Waals surface area contributed by atoms with Crippen molar-refractivity contribution in [2.24, 2.45) is 0 Å². The van der Waals surface area contributed by atoms with E-state index < -0.39 is 30.4 Å². The Morgan fingerprint density at radius 2 is 2.17 bits per heavy atom. The molecule has 0 aliphatic carbocycles. The Hall–Kier alpha value is -0.605. The van der Waals surface area contributed by atoms with Crippen molar-refractivity contribution in [1.82, 2.24) is 0 Å². The SMILES string of the molecule is [B][C@@H]1O[C@](C#N)(CO)[C@@H](O)[C@H]1O. The number of hydrogen-bond donors (Lipinski definition) is 3. The van der Waals surface area contributed by atoms with Gasteiger partial charge in [0.25, 0.3) is 0 Å². The summed E-state index contributed by atoms with van der Waals surface area (Å²) in [6.07, 6.45) is -2.81. The number of rotatable bonds is 1. The largest absolute Gasteiger partial charge is 0.392 e. The van der Waals surface area contributed by atoms with E-state index in [1.165, 1.54) is 0 Å². The fourth-order valence-electron chi connectivity index (χ4n) is 1.10. The molecular weight excluding hydrogens is 161 g/mol. The highest BCUT2D eigenvalue weighted by molar-refractivity contribution is 6.11. The first-order chi connectivity index (χ1) is 5.57. The third-order valence-electron chi connectivity index (χ3n) is 1.91. The summed E-state index contributed by atoms with van der Waals surface area (Å²) in [5.41, 5.74) is -1.78. The van der Waals surface area contributed by atoms with E-state index in [9.17, 15) is 5.11 Å². The van der Waals surface area contributed by atoms with Gasteiger partial charge in [0, 0.05) is 6.00 Å². The normalized spacial score (nSPS) is 47.3. The molecule has 0 aromatic carbocycles. The van der Waals surface area contributed by atoms with Crippen molar-refractivity contribution in [2.75, 3.05) is 6.61 Å². The van der Waals surface area contributed by atoms with Crippen LogP contribution in [0.4, 0.5) is 0 Å². The Kier molecular flexibility index (Phi) is 2.40. The highest BCUT2D eigenvalue weighted by Gasteiger charge is 2.52. The zero-order chi connectivity index (χ0) is 9.35. The molecule has 0 bridgehead atoms. The topological polar surface area (TPSA) is 93.7 Å². The van der Waals surface area contributed by atoms with Gasteiger partial charge < -0.3 is 20.1 Å². The molecule has 6 heteroatoms. The summed E-state index contributed by atoms with van der Waals surface area (Å²) >= 11 is 0. The molecule has 0 saturated carbocycles. The molecule has 0 aromatic rings. The smallest absolute Gasteiger partial charge is 0.204 e. The van der Waals surface area contributed by atoms with E-state index in [0.717, 1.165) is 0 Å². The number of aliphatic hydroxyl groups excluding tert-OH is 3. The van der Waals surface area contributed by atoms with Crippen molar-refractivity contribution in [3.63, 3.8) is 0 Å². The summed E-state index contributed by atoms with van der Waals surface area (Å²) < 4.78 is 4.74. The van der Waals surface area contributed by atoms with E-state index in [2.05, 4.69) is 0 Å². The lowest BCUT2D eigenvalue weighted by Gasteiger charge is -2.21. The van der Waals surface area contributed by atoms with Crippen molar-refractivity contribution >= 4 is 7.85 Å². The van der Waals surface area contributed by atoms with E-state index in [1.807, 2.05) is 0 Å². The second-order valence-corrected chi connectivity index (χ2v) is 2.68. The van der Waals surface area contributed by atoms with E-state index in [4.69, 9.17) is 28.1 Å². The molecule has 64 valence electrons. The van der Waals surface area contributed by atoms with Crippen LogP contribution in [0.1, 0.15) is 0 Å². The molecule has 1 saturated heterocycles. The number of nitriles is 1. The third-order valence-corrected chi connectivity index (χ3v) is 1.91. The standard InChI is InChI=1S/C6H8BNO4/c7-5-3(10)4(11)6(1-8,2-9)12-5/h3-5,9-11H,2H2/t3-,4+,5-,6-/m1/s1. The van der Waals surface area contributed by atoms with Gasteiger partial charge in [-0.3, -0.25) is 0 Å². The number of nitrogens with zero attached hydrogens (tertiary/aromatic N) is 1. The van der Waals surface area contributed by atoms with Gasteiger partial charge in [0.05, 0.1) is 6.61 Å². The van der Waals surface area contributed by atoms with Crippen molar-refractivity contribution in [3.8, 4) is 6.07 Å². The van der Waals surface area contributed by atoms with Gasteiger partial charge in [-0.15, -0.1) is 0 Å². The van der Waals surface area contributed by atoms with Crippen LogP contribution in [0.25, 0.3) is 0 Å². The third kappa shape index (κ3) is 1.11. The van der Waals surface area contributed by atoms with Crippen LogP contribution in [0.2, 0.25) is 0 Å². The lowest BCUT2D eigenvalue weighted by Crippen LogP contribution is -2.45. The van der Waals surface area contributed by atoms with Gasteiger partial charge in [-0.05, 0) is 0 Å². The Morgan fingerprint density at radius 3 is 2.33 bits per heavy atom. The van der Waals surface area contributed by atoms with Gasteiger partial charge in [0.15, 0.2) is 0 Å². The summed E-state index contributed by atoms with van der Waals surface area (Å²) in [6, 6.07) is 0.443. The first-order valence-corrected chi connectivity index (χ1v) is 3.39.